The van der Waals surface area contributed by atoms with Gasteiger partial charge < -0.3 is 0 Å². The molecule has 0 aromatic carbocycles. The lowest BCUT2D eigenvalue weighted by atomic mass is 9.86. The molecule has 16 heavy (non-hydrogen) atoms. The maximum Gasteiger partial charge on any atom is 0.141 e. The van der Waals surface area contributed by atoms with Gasteiger partial charge in [-0.3, -0.25) is 0 Å². The Hall–Kier alpha value is -0.670. The molecule has 0 N–H and O–H groups in total. The molecule has 4 heteroatoms. The van der Waals surface area contributed by atoms with Crippen LogP contribution in [-0.2, 0) is 12.8 Å². The summed E-state index contributed by atoms with van der Waals surface area (Å²) in [6.07, 6.45) is 6.46. The Labute approximate surface area is 104 Å². The molecule has 0 saturated heterocycles. The molecule has 0 bridgehead atoms. The van der Waals surface area contributed by atoms with E-state index in [0.717, 1.165) is 22.6 Å². The Morgan fingerprint density at radius 1 is 1.50 bits per heavy atom. The van der Waals surface area contributed by atoms with E-state index < -0.39 is 0 Å². The Morgan fingerprint density at radius 3 is 3.19 bits per heavy atom. The molecule has 2 nitrogen and oxygen atoms in total. The van der Waals surface area contributed by atoms with Crippen LogP contribution in [0.3, 0.4) is 0 Å². The van der Waals surface area contributed by atoms with Gasteiger partial charge in [0.15, 0.2) is 0 Å². The van der Waals surface area contributed by atoms with Gasteiger partial charge in [-0.15, -0.1) is 11.3 Å². The Kier molecular flexibility index (Phi) is 2.60. The van der Waals surface area contributed by atoms with Gasteiger partial charge in [-0.2, -0.15) is 0 Å². The molecule has 0 fully saturated rings. The van der Waals surface area contributed by atoms with Crippen molar-refractivity contribution in [2.45, 2.75) is 32.6 Å². The summed E-state index contributed by atoms with van der Waals surface area (Å²) in [7, 11) is 0. The molecular formula is C12H13ClN2S. The van der Waals surface area contributed by atoms with E-state index in [1.807, 2.05) is 0 Å². The van der Waals surface area contributed by atoms with Crippen LogP contribution in [0.4, 0.5) is 0 Å². The molecule has 0 amide bonds. The molecule has 2 heterocycles. The average molecular weight is 253 g/mol. The highest BCUT2D eigenvalue weighted by atomic mass is 35.5. The summed E-state index contributed by atoms with van der Waals surface area (Å²) in [5.74, 6) is 0.807. The molecule has 1 aliphatic carbocycles. The third-order valence-corrected chi connectivity index (χ3v) is 4.96. The number of halogens is 1. The first-order valence-corrected chi connectivity index (χ1v) is 6.89. The zero-order valence-corrected chi connectivity index (χ0v) is 10.7. The zero-order chi connectivity index (χ0) is 11.1. The Bertz CT molecular complexity index is 535. The molecule has 1 atom stereocenters. The van der Waals surface area contributed by atoms with E-state index in [0.29, 0.717) is 5.15 Å². The minimum Gasteiger partial charge on any atom is -0.225 e. The molecular weight excluding hydrogens is 240 g/mol. The van der Waals surface area contributed by atoms with Crippen LogP contribution in [0.5, 0.6) is 0 Å². The largest absolute Gasteiger partial charge is 0.225 e. The summed E-state index contributed by atoms with van der Waals surface area (Å²) in [6.45, 7) is 2.27. The molecule has 0 unspecified atom stereocenters. The van der Waals surface area contributed by atoms with Crippen LogP contribution in [0, 0.1) is 5.92 Å². The smallest absolute Gasteiger partial charge is 0.141 e. The molecule has 1 aliphatic rings. The van der Waals surface area contributed by atoms with E-state index in [4.69, 9.17) is 11.6 Å². The van der Waals surface area contributed by atoms with Gasteiger partial charge in [0.25, 0.3) is 0 Å². The predicted molar refractivity (Wildman–Crippen MR) is 68.2 cm³/mol. The number of rotatable bonds is 1. The van der Waals surface area contributed by atoms with Crippen LogP contribution in [0.1, 0.15) is 30.2 Å². The number of fused-ring (bicyclic) bond motifs is 3. The number of aromatic nitrogens is 2. The van der Waals surface area contributed by atoms with Crippen molar-refractivity contribution in [3.8, 4) is 0 Å². The minimum absolute atomic E-state index is 0.624. The van der Waals surface area contributed by atoms with E-state index in [1.54, 1.807) is 17.7 Å². The second-order valence-corrected chi connectivity index (χ2v) is 5.81. The van der Waals surface area contributed by atoms with Crippen molar-refractivity contribution in [1.29, 1.82) is 0 Å². The highest BCUT2D eigenvalue weighted by molar-refractivity contribution is 7.19. The highest BCUT2D eigenvalue weighted by Gasteiger charge is 2.23. The first-order chi connectivity index (χ1) is 7.79. The van der Waals surface area contributed by atoms with Gasteiger partial charge in [-0.1, -0.05) is 24.9 Å². The molecule has 0 radical (unpaired) electrons. The normalized spacial score (nSPS) is 20.0. The highest BCUT2D eigenvalue weighted by Crippen LogP contribution is 2.39. The van der Waals surface area contributed by atoms with Crippen molar-refractivity contribution in [2.75, 3.05) is 0 Å². The van der Waals surface area contributed by atoms with Crippen molar-refractivity contribution in [1.82, 2.24) is 9.97 Å². The molecule has 3 rings (SSSR count). The summed E-state index contributed by atoms with van der Waals surface area (Å²) in [5.41, 5.74) is 1.42. The minimum atomic E-state index is 0.624. The topological polar surface area (TPSA) is 25.8 Å². The first kappa shape index (κ1) is 10.5. The fourth-order valence-corrected chi connectivity index (χ4v) is 3.98. The summed E-state index contributed by atoms with van der Waals surface area (Å²) >= 11 is 7.97. The lowest BCUT2D eigenvalue weighted by molar-refractivity contribution is 0.450. The fourth-order valence-electron chi connectivity index (χ4n) is 2.49. The van der Waals surface area contributed by atoms with Crippen molar-refractivity contribution < 1.29 is 0 Å². The van der Waals surface area contributed by atoms with Gasteiger partial charge in [0, 0.05) is 4.88 Å². The molecule has 0 aliphatic heterocycles. The molecule has 84 valence electrons. The van der Waals surface area contributed by atoms with Crippen molar-refractivity contribution in [2.24, 2.45) is 5.92 Å². The summed E-state index contributed by atoms with van der Waals surface area (Å²) in [4.78, 5) is 11.0. The van der Waals surface area contributed by atoms with Gasteiger partial charge in [-0.25, -0.2) is 9.97 Å². The maximum atomic E-state index is 6.18. The molecule has 0 spiro atoms. The number of thiophene rings is 1. The van der Waals surface area contributed by atoms with Gasteiger partial charge in [0.05, 0.1) is 5.39 Å². The standard InChI is InChI=1S/C12H13ClN2S/c1-2-7-3-4-9-8(5-7)10-11(13)14-6-15-12(10)16-9/h6-7H,2-5H2,1H3/t7-/m1/s1. The Balaban J connectivity index is 2.19. The van der Waals surface area contributed by atoms with E-state index in [-0.39, 0.29) is 0 Å². The van der Waals surface area contributed by atoms with E-state index >= 15 is 0 Å². The summed E-state index contributed by atoms with van der Waals surface area (Å²) in [6, 6.07) is 0. The van der Waals surface area contributed by atoms with Crippen LogP contribution in [0.2, 0.25) is 5.15 Å². The average Bonchev–Trinajstić information content (AvgIpc) is 2.67. The molecule has 2 aromatic rings. The fraction of sp³-hybridized carbons (Fsp3) is 0.500. The summed E-state index contributed by atoms with van der Waals surface area (Å²) < 4.78 is 0. The summed E-state index contributed by atoms with van der Waals surface area (Å²) in [5, 5.41) is 1.74. The maximum absolute atomic E-state index is 6.18. The van der Waals surface area contributed by atoms with Crippen LogP contribution >= 0.6 is 22.9 Å². The zero-order valence-electron chi connectivity index (χ0n) is 9.16. The Morgan fingerprint density at radius 2 is 2.38 bits per heavy atom. The van der Waals surface area contributed by atoms with Crippen LogP contribution in [0.15, 0.2) is 6.33 Å². The van der Waals surface area contributed by atoms with Gasteiger partial charge >= 0.3 is 0 Å². The third-order valence-electron chi connectivity index (χ3n) is 3.47. The van der Waals surface area contributed by atoms with Crippen molar-refractivity contribution >= 4 is 33.2 Å². The second-order valence-electron chi connectivity index (χ2n) is 4.37. The van der Waals surface area contributed by atoms with Gasteiger partial charge in [0.1, 0.15) is 16.3 Å². The van der Waals surface area contributed by atoms with E-state index in [2.05, 4.69) is 16.9 Å². The van der Waals surface area contributed by atoms with E-state index in [9.17, 15) is 0 Å². The molecule has 2 aromatic heterocycles. The lowest BCUT2D eigenvalue weighted by Crippen LogP contribution is -2.11. The van der Waals surface area contributed by atoms with Gasteiger partial charge in [0.2, 0.25) is 0 Å². The quantitative estimate of drug-likeness (QED) is 0.721. The van der Waals surface area contributed by atoms with Crippen LogP contribution < -0.4 is 0 Å². The molecule has 0 saturated carbocycles. The first-order valence-electron chi connectivity index (χ1n) is 5.70. The van der Waals surface area contributed by atoms with Crippen LogP contribution in [-0.4, -0.2) is 9.97 Å². The van der Waals surface area contributed by atoms with Gasteiger partial charge in [-0.05, 0) is 30.7 Å². The monoisotopic (exact) mass is 252 g/mol. The number of hydrogen-bond donors (Lipinski definition) is 0. The number of aryl methyl sites for hydroxylation is 1. The predicted octanol–water partition coefficient (Wildman–Crippen LogP) is 3.86. The second kappa shape index (κ2) is 3.97. The van der Waals surface area contributed by atoms with Crippen LogP contribution in [0.25, 0.3) is 10.2 Å². The third kappa shape index (κ3) is 1.54. The SMILES string of the molecule is CC[C@@H]1CCc2sc3ncnc(Cl)c3c2C1. The van der Waals surface area contributed by atoms with Crippen molar-refractivity contribution in [3.05, 3.63) is 21.9 Å². The lowest BCUT2D eigenvalue weighted by Gasteiger charge is -2.20. The number of nitrogens with zero attached hydrogens (tertiary/aromatic N) is 2. The van der Waals surface area contributed by atoms with E-state index in [1.165, 1.54) is 29.7 Å². The number of hydrogen-bond acceptors (Lipinski definition) is 3. The van der Waals surface area contributed by atoms with Crippen molar-refractivity contribution in [3.63, 3.8) is 0 Å².